The summed E-state index contributed by atoms with van der Waals surface area (Å²) in [4.78, 5) is 18.9. The number of amides is 1. The summed E-state index contributed by atoms with van der Waals surface area (Å²) in [6.07, 6.45) is 2.36. The second-order valence-corrected chi connectivity index (χ2v) is 7.71. The van der Waals surface area contributed by atoms with Crippen LogP contribution in [0.1, 0.15) is 43.5 Å². The Morgan fingerprint density at radius 1 is 1.38 bits per heavy atom. The van der Waals surface area contributed by atoms with Crippen molar-refractivity contribution < 1.29 is 9.32 Å². The monoisotopic (exact) mass is 354 g/mol. The molecule has 2 aromatic rings. The third-order valence-corrected chi connectivity index (χ3v) is 5.83. The van der Waals surface area contributed by atoms with Crippen molar-refractivity contribution in [2.75, 3.05) is 13.1 Å². The molecule has 26 heavy (non-hydrogen) atoms. The van der Waals surface area contributed by atoms with E-state index in [1.165, 1.54) is 5.56 Å². The summed E-state index contributed by atoms with van der Waals surface area (Å²) in [5, 5.41) is 7.21. The molecule has 1 amide bonds. The van der Waals surface area contributed by atoms with Crippen LogP contribution < -0.4 is 5.32 Å². The number of carbonyl (C=O) groups excluding carboxylic acids is 1. The van der Waals surface area contributed by atoms with Crippen molar-refractivity contribution in [2.24, 2.45) is 5.92 Å². The number of aryl methyl sites for hydroxylation is 1. The Hall–Kier alpha value is -2.21. The molecule has 1 saturated carbocycles. The SMILES string of the molecule is CCC(=O)N[C@@H]1C[C@H]2CN(Cc3ccccc3)C[C@@]2(c2nc(C)no2)C1. The normalized spacial score (nSPS) is 28.2. The number of rotatable bonds is 5. The second-order valence-electron chi connectivity index (χ2n) is 7.71. The lowest BCUT2D eigenvalue weighted by atomic mass is 9.80. The first-order chi connectivity index (χ1) is 12.6. The van der Waals surface area contributed by atoms with Crippen molar-refractivity contribution in [1.82, 2.24) is 20.4 Å². The maximum atomic E-state index is 11.9. The Morgan fingerprint density at radius 2 is 2.19 bits per heavy atom. The molecule has 1 saturated heterocycles. The minimum absolute atomic E-state index is 0.118. The van der Waals surface area contributed by atoms with Gasteiger partial charge in [0.2, 0.25) is 11.8 Å². The topological polar surface area (TPSA) is 71.3 Å². The van der Waals surface area contributed by atoms with E-state index >= 15 is 0 Å². The molecule has 1 aliphatic heterocycles. The molecule has 6 nitrogen and oxygen atoms in total. The van der Waals surface area contributed by atoms with Crippen molar-refractivity contribution in [3.05, 3.63) is 47.6 Å². The standard InChI is InChI=1S/C20H26N4O2/c1-3-18(25)22-17-9-16-12-24(11-15-7-5-4-6-8-15)13-20(16,10-17)19-21-14(2)23-26-19/h4-8,16-17H,3,9-13H2,1-2H3,(H,22,25)/t16-,17+,20-/m0/s1. The number of benzene rings is 1. The number of nitrogens with zero attached hydrogens (tertiary/aromatic N) is 3. The van der Waals surface area contributed by atoms with Crippen LogP contribution in [0, 0.1) is 12.8 Å². The van der Waals surface area contributed by atoms with E-state index in [1.807, 2.05) is 19.9 Å². The fraction of sp³-hybridized carbons (Fsp3) is 0.550. The zero-order valence-electron chi connectivity index (χ0n) is 15.4. The number of hydrogen-bond donors (Lipinski definition) is 1. The zero-order valence-corrected chi connectivity index (χ0v) is 15.4. The lowest BCUT2D eigenvalue weighted by molar-refractivity contribution is -0.121. The lowest BCUT2D eigenvalue weighted by Crippen LogP contribution is -2.37. The summed E-state index contributed by atoms with van der Waals surface area (Å²) in [5.41, 5.74) is 1.17. The first-order valence-electron chi connectivity index (χ1n) is 9.45. The fourth-order valence-electron chi connectivity index (χ4n) is 4.71. The van der Waals surface area contributed by atoms with Gasteiger partial charge in [-0.1, -0.05) is 42.4 Å². The highest BCUT2D eigenvalue weighted by Gasteiger charge is 2.57. The average Bonchev–Trinajstić information content (AvgIpc) is 3.28. The third-order valence-electron chi connectivity index (χ3n) is 5.83. The van der Waals surface area contributed by atoms with Gasteiger partial charge < -0.3 is 9.84 Å². The Labute approximate surface area is 154 Å². The Balaban J connectivity index is 1.55. The molecule has 2 heterocycles. The largest absolute Gasteiger partial charge is 0.353 e. The smallest absolute Gasteiger partial charge is 0.234 e. The van der Waals surface area contributed by atoms with Gasteiger partial charge in [0, 0.05) is 32.1 Å². The van der Waals surface area contributed by atoms with Crippen molar-refractivity contribution >= 4 is 5.91 Å². The maximum Gasteiger partial charge on any atom is 0.234 e. The molecule has 0 radical (unpaired) electrons. The summed E-state index contributed by atoms with van der Waals surface area (Å²) in [6.45, 7) is 6.57. The first kappa shape index (κ1) is 17.2. The van der Waals surface area contributed by atoms with E-state index in [2.05, 4.69) is 44.6 Å². The maximum absolute atomic E-state index is 11.9. The predicted octanol–water partition coefficient (Wildman–Crippen LogP) is 2.44. The van der Waals surface area contributed by atoms with Crippen LogP contribution in [0.15, 0.2) is 34.9 Å². The molecule has 0 bridgehead atoms. The minimum atomic E-state index is -0.151. The molecule has 0 unspecified atom stereocenters. The van der Waals surface area contributed by atoms with E-state index in [9.17, 15) is 4.79 Å². The number of fused-ring (bicyclic) bond motifs is 1. The van der Waals surface area contributed by atoms with E-state index in [-0.39, 0.29) is 17.4 Å². The van der Waals surface area contributed by atoms with Crippen molar-refractivity contribution in [1.29, 1.82) is 0 Å². The van der Waals surface area contributed by atoms with Gasteiger partial charge in [0.05, 0.1) is 5.41 Å². The van der Waals surface area contributed by atoms with Gasteiger partial charge >= 0.3 is 0 Å². The van der Waals surface area contributed by atoms with E-state index in [1.54, 1.807) is 0 Å². The van der Waals surface area contributed by atoms with Crippen LogP contribution >= 0.6 is 0 Å². The van der Waals surface area contributed by atoms with Gasteiger partial charge in [0.1, 0.15) is 0 Å². The van der Waals surface area contributed by atoms with Gasteiger partial charge in [-0.3, -0.25) is 9.69 Å². The summed E-state index contributed by atoms with van der Waals surface area (Å²) in [7, 11) is 0. The van der Waals surface area contributed by atoms with E-state index in [0.717, 1.165) is 38.4 Å². The molecule has 6 heteroatoms. The van der Waals surface area contributed by atoms with Gasteiger partial charge in [-0.15, -0.1) is 0 Å². The molecular formula is C20H26N4O2. The zero-order chi connectivity index (χ0) is 18.1. The number of likely N-dealkylation sites (tertiary alicyclic amines) is 1. The molecule has 2 aliphatic rings. The quantitative estimate of drug-likeness (QED) is 0.893. The van der Waals surface area contributed by atoms with Gasteiger partial charge in [0.15, 0.2) is 5.82 Å². The average molecular weight is 354 g/mol. The molecule has 2 fully saturated rings. The van der Waals surface area contributed by atoms with Crippen molar-refractivity contribution in [3.63, 3.8) is 0 Å². The predicted molar refractivity (Wildman–Crippen MR) is 97.4 cm³/mol. The van der Waals surface area contributed by atoms with E-state index in [4.69, 9.17) is 4.52 Å². The number of aromatic nitrogens is 2. The minimum Gasteiger partial charge on any atom is -0.353 e. The lowest BCUT2D eigenvalue weighted by Gasteiger charge is -2.25. The number of carbonyl (C=O) groups is 1. The van der Waals surface area contributed by atoms with Crippen LogP contribution in [-0.2, 0) is 16.8 Å². The van der Waals surface area contributed by atoms with Crippen LogP contribution in [0.25, 0.3) is 0 Å². The van der Waals surface area contributed by atoms with Crippen molar-refractivity contribution in [3.8, 4) is 0 Å². The molecule has 1 N–H and O–H groups in total. The first-order valence-corrected chi connectivity index (χ1v) is 9.45. The van der Waals surface area contributed by atoms with Crippen LogP contribution in [0.2, 0.25) is 0 Å². The van der Waals surface area contributed by atoms with Gasteiger partial charge in [-0.2, -0.15) is 4.98 Å². The highest BCUT2D eigenvalue weighted by atomic mass is 16.5. The van der Waals surface area contributed by atoms with Crippen LogP contribution in [0.3, 0.4) is 0 Å². The van der Waals surface area contributed by atoms with Crippen molar-refractivity contribution in [2.45, 2.75) is 51.1 Å². The Kier molecular flexibility index (Phi) is 4.53. The summed E-state index contributed by atoms with van der Waals surface area (Å²) < 4.78 is 5.63. The Morgan fingerprint density at radius 3 is 2.88 bits per heavy atom. The van der Waals surface area contributed by atoms with Gasteiger partial charge in [0.25, 0.3) is 0 Å². The molecule has 1 aromatic heterocycles. The molecule has 1 aromatic carbocycles. The van der Waals surface area contributed by atoms with E-state index in [0.29, 0.717) is 18.2 Å². The highest BCUT2D eigenvalue weighted by molar-refractivity contribution is 5.75. The summed E-state index contributed by atoms with van der Waals surface area (Å²) >= 11 is 0. The molecular weight excluding hydrogens is 328 g/mol. The number of nitrogens with one attached hydrogen (secondary N) is 1. The molecule has 138 valence electrons. The molecule has 1 aliphatic carbocycles. The summed E-state index contributed by atoms with van der Waals surface area (Å²) in [6, 6.07) is 10.7. The fourth-order valence-corrected chi connectivity index (χ4v) is 4.71. The van der Waals surface area contributed by atoms with Crippen LogP contribution in [-0.4, -0.2) is 40.1 Å². The van der Waals surface area contributed by atoms with Gasteiger partial charge in [-0.25, -0.2) is 0 Å². The molecule has 4 rings (SSSR count). The molecule has 3 atom stereocenters. The van der Waals surface area contributed by atoms with Gasteiger partial charge in [-0.05, 0) is 31.2 Å². The molecule has 0 spiro atoms. The third kappa shape index (κ3) is 3.14. The highest BCUT2D eigenvalue weighted by Crippen LogP contribution is 2.50. The Bertz CT molecular complexity index is 775. The van der Waals surface area contributed by atoms with E-state index < -0.39 is 0 Å². The van der Waals surface area contributed by atoms with Crippen LogP contribution in [0.5, 0.6) is 0 Å². The summed E-state index contributed by atoms with van der Waals surface area (Å²) in [5.74, 6) is 1.96. The second kappa shape index (κ2) is 6.83. The van der Waals surface area contributed by atoms with Crippen LogP contribution in [0.4, 0.5) is 0 Å². The number of hydrogen-bond acceptors (Lipinski definition) is 5.